The van der Waals surface area contributed by atoms with Crippen molar-refractivity contribution in [2.45, 2.75) is 77.7 Å². The topological polar surface area (TPSA) is 129 Å². The van der Waals surface area contributed by atoms with Crippen molar-refractivity contribution in [2.24, 2.45) is 0 Å². The first-order valence-electron chi connectivity index (χ1n) is 9.47. The molecule has 0 rings (SSSR count). The van der Waals surface area contributed by atoms with Gasteiger partial charge in [-0.3, -0.25) is 4.79 Å². The monoisotopic (exact) mass is 430 g/mol. The first-order chi connectivity index (χ1) is 13.7. The van der Waals surface area contributed by atoms with Gasteiger partial charge in [-0.15, -0.1) is 0 Å². The van der Waals surface area contributed by atoms with Crippen molar-refractivity contribution in [1.29, 1.82) is 0 Å². The first kappa shape index (κ1) is 27.2. The van der Waals surface area contributed by atoms with Crippen molar-refractivity contribution in [3.8, 4) is 0 Å². The second kappa shape index (κ2) is 12.0. The molecule has 30 heavy (non-hydrogen) atoms. The van der Waals surface area contributed by atoms with Gasteiger partial charge in [0.25, 0.3) is 0 Å². The van der Waals surface area contributed by atoms with E-state index in [9.17, 15) is 19.2 Å². The lowest BCUT2D eigenvalue weighted by molar-refractivity contribution is -0.143. The molecule has 0 heterocycles. The Morgan fingerprint density at radius 3 is 1.77 bits per heavy atom. The smallest absolute Gasteiger partial charge is 0.408 e. The molecule has 0 radical (unpaired) electrons. The molecule has 0 spiro atoms. The summed E-state index contributed by atoms with van der Waals surface area (Å²) in [5.41, 5.74) is -1.44. The number of methoxy groups -OCH3 is 2. The summed E-state index contributed by atoms with van der Waals surface area (Å²) in [5.74, 6) is -1.22. The molecular formula is C20H34N2O8. The lowest BCUT2D eigenvalue weighted by atomic mass is 10.1. The second-order valence-electron chi connectivity index (χ2n) is 8.42. The average molecular weight is 430 g/mol. The molecule has 0 bridgehead atoms. The van der Waals surface area contributed by atoms with Crippen LogP contribution in [-0.2, 0) is 28.5 Å². The minimum atomic E-state index is -1.01. The summed E-state index contributed by atoms with van der Waals surface area (Å²) in [7, 11) is 2.43. The number of esters is 2. The number of carbonyl (C=O) groups is 4. The van der Waals surface area contributed by atoms with E-state index in [1.54, 1.807) is 41.5 Å². The summed E-state index contributed by atoms with van der Waals surface area (Å²) < 4.78 is 19.6. The highest BCUT2D eigenvalue weighted by Gasteiger charge is 2.25. The standard InChI is InChI=1S/C20H34N2O8/c1-19(2,3)29-17(25)21-13(12-15(23)27-7)10-9-11-14(16(24)28-8)22-18(26)30-20(4,5)6/h9-10,13-14H,11-12H2,1-8H3,(H,21,25)(H,22,26)/b10-9+/t13-,14+/m1/s1. The molecule has 172 valence electrons. The number of hydrogen-bond acceptors (Lipinski definition) is 8. The van der Waals surface area contributed by atoms with Gasteiger partial charge in [-0.25, -0.2) is 14.4 Å². The van der Waals surface area contributed by atoms with Crippen molar-refractivity contribution in [3.63, 3.8) is 0 Å². The number of nitrogens with one attached hydrogen (secondary N) is 2. The fourth-order valence-electron chi connectivity index (χ4n) is 2.07. The van der Waals surface area contributed by atoms with Gasteiger partial charge in [-0.2, -0.15) is 0 Å². The van der Waals surface area contributed by atoms with Crippen molar-refractivity contribution >= 4 is 24.1 Å². The Morgan fingerprint density at radius 2 is 1.33 bits per heavy atom. The summed E-state index contributed by atoms with van der Waals surface area (Å²) in [6.07, 6.45) is 1.45. The number of rotatable bonds is 8. The van der Waals surface area contributed by atoms with E-state index in [0.29, 0.717) is 0 Å². The third kappa shape index (κ3) is 13.4. The SMILES string of the molecule is COC(=O)C[C@@H](/C=C/C[C@H](NC(=O)OC(C)(C)C)C(=O)OC)NC(=O)OC(C)(C)C. The van der Waals surface area contributed by atoms with E-state index in [2.05, 4.69) is 15.4 Å². The van der Waals surface area contributed by atoms with E-state index in [-0.39, 0.29) is 12.8 Å². The lowest BCUT2D eigenvalue weighted by Gasteiger charge is -2.22. The molecule has 0 aliphatic heterocycles. The molecule has 10 nitrogen and oxygen atoms in total. The van der Waals surface area contributed by atoms with Crippen LogP contribution < -0.4 is 10.6 Å². The normalized spacial score (nSPS) is 13.7. The van der Waals surface area contributed by atoms with Crippen LogP contribution in [0.4, 0.5) is 9.59 Å². The van der Waals surface area contributed by atoms with Gasteiger partial charge >= 0.3 is 24.1 Å². The highest BCUT2D eigenvalue weighted by atomic mass is 16.6. The average Bonchev–Trinajstić information content (AvgIpc) is 2.56. The molecule has 2 atom stereocenters. The number of ether oxygens (including phenoxy) is 4. The van der Waals surface area contributed by atoms with Gasteiger partial charge in [-0.05, 0) is 48.0 Å². The molecule has 10 heteroatoms. The van der Waals surface area contributed by atoms with E-state index >= 15 is 0 Å². The molecule has 0 saturated carbocycles. The van der Waals surface area contributed by atoms with Crippen LogP contribution >= 0.6 is 0 Å². The molecule has 0 aliphatic rings. The number of amides is 2. The molecule has 0 aliphatic carbocycles. The summed E-state index contributed by atoms with van der Waals surface area (Å²) in [4.78, 5) is 47.5. The van der Waals surface area contributed by atoms with Crippen LogP contribution in [0.1, 0.15) is 54.4 Å². The minimum Gasteiger partial charge on any atom is -0.469 e. The molecular weight excluding hydrogens is 396 g/mol. The zero-order chi connectivity index (χ0) is 23.5. The van der Waals surface area contributed by atoms with Crippen LogP contribution in [-0.4, -0.2) is 61.6 Å². The zero-order valence-corrected chi connectivity index (χ0v) is 19.0. The molecule has 2 N–H and O–H groups in total. The largest absolute Gasteiger partial charge is 0.469 e. The summed E-state index contributed by atoms with van der Waals surface area (Å²) >= 11 is 0. The fourth-order valence-corrected chi connectivity index (χ4v) is 2.07. The molecule has 0 aromatic carbocycles. The molecule has 0 aromatic rings. The van der Waals surface area contributed by atoms with Crippen LogP contribution in [0.25, 0.3) is 0 Å². The van der Waals surface area contributed by atoms with Crippen molar-refractivity contribution in [3.05, 3.63) is 12.2 Å². The van der Waals surface area contributed by atoms with Crippen LogP contribution in [0.15, 0.2) is 12.2 Å². The first-order valence-corrected chi connectivity index (χ1v) is 9.47. The zero-order valence-electron chi connectivity index (χ0n) is 19.0. The lowest BCUT2D eigenvalue weighted by Crippen LogP contribution is -2.44. The maximum absolute atomic E-state index is 12.0. The molecule has 0 unspecified atom stereocenters. The summed E-state index contributed by atoms with van der Waals surface area (Å²) in [6, 6.07) is -1.76. The minimum absolute atomic E-state index is 0.0413. The van der Waals surface area contributed by atoms with Crippen LogP contribution in [0.3, 0.4) is 0 Å². The maximum atomic E-state index is 12.0. The predicted molar refractivity (Wildman–Crippen MR) is 109 cm³/mol. The van der Waals surface area contributed by atoms with Crippen molar-refractivity contribution in [2.75, 3.05) is 14.2 Å². The van der Waals surface area contributed by atoms with E-state index in [1.165, 1.54) is 26.4 Å². The van der Waals surface area contributed by atoms with Crippen LogP contribution in [0, 0.1) is 0 Å². The van der Waals surface area contributed by atoms with Crippen LogP contribution in [0.2, 0.25) is 0 Å². The van der Waals surface area contributed by atoms with Gasteiger partial charge in [0, 0.05) is 0 Å². The summed E-state index contributed by atoms with van der Waals surface area (Å²) in [5, 5.41) is 4.98. The Balaban J connectivity index is 5.16. The Bertz CT molecular complexity index is 632. The Hall–Kier alpha value is -2.78. The van der Waals surface area contributed by atoms with Gasteiger partial charge in [0.1, 0.15) is 17.2 Å². The third-order valence-electron chi connectivity index (χ3n) is 3.23. The predicted octanol–water partition coefficient (Wildman–Crippen LogP) is 2.46. The quantitative estimate of drug-likeness (QED) is 0.341. The summed E-state index contributed by atoms with van der Waals surface area (Å²) in [6.45, 7) is 10.2. The van der Waals surface area contributed by atoms with Gasteiger partial charge in [0.15, 0.2) is 0 Å². The van der Waals surface area contributed by atoms with E-state index in [1.807, 2.05) is 0 Å². The molecule has 0 fully saturated rings. The van der Waals surface area contributed by atoms with Crippen molar-refractivity contribution < 1.29 is 38.1 Å². The highest BCUT2D eigenvalue weighted by molar-refractivity contribution is 5.81. The maximum Gasteiger partial charge on any atom is 0.408 e. The van der Waals surface area contributed by atoms with Gasteiger partial charge in [-0.1, -0.05) is 12.2 Å². The number of hydrogen-bond donors (Lipinski definition) is 2. The van der Waals surface area contributed by atoms with E-state index < -0.39 is 47.4 Å². The Labute approximate surface area is 177 Å². The van der Waals surface area contributed by atoms with Gasteiger partial charge in [0.2, 0.25) is 0 Å². The molecule has 0 aromatic heterocycles. The number of alkyl carbamates (subject to hydrolysis) is 2. The molecule has 2 amide bonds. The molecule has 0 saturated heterocycles. The fraction of sp³-hybridized carbons (Fsp3) is 0.700. The van der Waals surface area contributed by atoms with E-state index in [4.69, 9.17) is 14.2 Å². The second-order valence-corrected chi connectivity index (χ2v) is 8.42. The van der Waals surface area contributed by atoms with E-state index in [0.717, 1.165) is 0 Å². The highest BCUT2D eigenvalue weighted by Crippen LogP contribution is 2.10. The number of carbonyl (C=O) groups excluding carboxylic acids is 4. The Kier molecular flexibility index (Phi) is 10.9. The van der Waals surface area contributed by atoms with Crippen molar-refractivity contribution in [1.82, 2.24) is 10.6 Å². The Morgan fingerprint density at radius 1 is 0.833 bits per heavy atom. The van der Waals surface area contributed by atoms with Gasteiger partial charge < -0.3 is 29.6 Å². The van der Waals surface area contributed by atoms with Gasteiger partial charge in [0.05, 0.1) is 26.7 Å². The van der Waals surface area contributed by atoms with Crippen LogP contribution in [0.5, 0.6) is 0 Å². The third-order valence-corrected chi connectivity index (χ3v) is 3.23.